The molecule has 0 spiro atoms. The van der Waals surface area contributed by atoms with E-state index in [2.05, 4.69) is 10.6 Å². The van der Waals surface area contributed by atoms with Crippen LogP contribution in [0.2, 0.25) is 0 Å². The average Bonchev–Trinajstić information content (AvgIpc) is 2.62. The summed E-state index contributed by atoms with van der Waals surface area (Å²) in [5.41, 5.74) is 0.992. The number of ether oxygens (including phenoxy) is 1. The number of nitrogens with one attached hydrogen (secondary N) is 2. The number of amides is 2. The summed E-state index contributed by atoms with van der Waals surface area (Å²) in [5, 5.41) is 5.33. The lowest BCUT2D eigenvalue weighted by molar-refractivity contribution is -0.128. The molecule has 0 radical (unpaired) electrons. The van der Waals surface area contributed by atoms with Crippen LogP contribution in [0.5, 0.6) is 5.75 Å². The lowest BCUT2D eigenvalue weighted by Crippen LogP contribution is -2.39. The molecular weight excluding hydrogens is 370 g/mol. The number of para-hydroxylation sites is 2. The first kappa shape index (κ1) is 18.9. The van der Waals surface area contributed by atoms with E-state index in [0.29, 0.717) is 17.1 Å². The largest absolute Gasteiger partial charge is 0.478 e. The second-order valence-electron chi connectivity index (χ2n) is 6.16. The van der Waals surface area contributed by atoms with Crippen LogP contribution >= 0.6 is 0 Å². The molecule has 3 rings (SSSR count). The van der Waals surface area contributed by atoms with Crippen molar-refractivity contribution in [1.29, 1.82) is 0 Å². The van der Waals surface area contributed by atoms with Gasteiger partial charge in [-0.15, -0.1) is 0 Å². The van der Waals surface area contributed by atoms with Gasteiger partial charge in [0.05, 0.1) is 17.0 Å². The van der Waals surface area contributed by atoms with Crippen molar-refractivity contribution in [3.05, 3.63) is 48.5 Å². The number of carbonyl (C=O) groups excluding carboxylic acids is 2. The van der Waals surface area contributed by atoms with Gasteiger partial charge in [0.1, 0.15) is 5.75 Å². The molecule has 27 heavy (non-hydrogen) atoms. The molecule has 0 aliphatic carbocycles. The molecule has 2 aromatic rings. The zero-order valence-corrected chi connectivity index (χ0v) is 15.6. The number of nitrogens with zero attached hydrogens (tertiary/aromatic N) is 1. The first-order valence-corrected chi connectivity index (χ1v) is 9.60. The van der Waals surface area contributed by atoms with Crippen molar-refractivity contribution in [1.82, 2.24) is 4.31 Å². The Bertz CT molecular complexity index is 971. The third kappa shape index (κ3) is 4.09. The Kier molecular flexibility index (Phi) is 5.15. The molecular formula is C18H19N3O5S. The van der Waals surface area contributed by atoms with Gasteiger partial charge in [0, 0.05) is 19.8 Å². The van der Waals surface area contributed by atoms with Gasteiger partial charge in [-0.3, -0.25) is 9.59 Å². The molecule has 0 unspecified atom stereocenters. The fourth-order valence-corrected chi connectivity index (χ4v) is 3.43. The molecule has 8 nitrogen and oxygen atoms in total. The Morgan fingerprint density at radius 3 is 2.48 bits per heavy atom. The molecule has 1 heterocycles. The van der Waals surface area contributed by atoms with Gasteiger partial charge >= 0.3 is 0 Å². The van der Waals surface area contributed by atoms with Gasteiger partial charge in [-0.1, -0.05) is 12.1 Å². The fraction of sp³-hybridized carbons (Fsp3) is 0.222. The summed E-state index contributed by atoms with van der Waals surface area (Å²) in [7, 11) is -0.647. The van der Waals surface area contributed by atoms with E-state index >= 15 is 0 Å². The van der Waals surface area contributed by atoms with Crippen LogP contribution in [0, 0.1) is 0 Å². The normalized spacial score (nSPS) is 16.3. The van der Waals surface area contributed by atoms with Gasteiger partial charge in [-0.25, -0.2) is 12.7 Å². The monoisotopic (exact) mass is 389 g/mol. The maximum absolute atomic E-state index is 12.2. The van der Waals surface area contributed by atoms with Crippen molar-refractivity contribution in [3.63, 3.8) is 0 Å². The second kappa shape index (κ2) is 7.37. The average molecular weight is 389 g/mol. The summed E-state index contributed by atoms with van der Waals surface area (Å²) in [6.45, 7) is 0. The number of carbonyl (C=O) groups is 2. The van der Waals surface area contributed by atoms with Crippen molar-refractivity contribution < 1.29 is 22.7 Å². The zero-order valence-electron chi connectivity index (χ0n) is 14.8. The van der Waals surface area contributed by atoms with Gasteiger partial charge in [0.15, 0.2) is 6.10 Å². The highest BCUT2D eigenvalue weighted by Gasteiger charge is 2.29. The van der Waals surface area contributed by atoms with E-state index in [1.807, 2.05) is 0 Å². The maximum Gasteiger partial charge on any atom is 0.266 e. The minimum absolute atomic E-state index is 0.122. The van der Waals surface area contributed by atoms with Crippen molar-refractivity contribution in [3.8, 4) is 5.75 Å². The van der Waals surface area contributed by atoms with E-state index in [1.165, 1.54) is 38.4 Å². The number of fused-ring (bicyclic) bond motifs is 1. The van der Waals surface area contributed by atoms with Crippen molar-refractivity contribution in [2.45, 2.75) is 17.4 Å². The van der Waals surface area contributed by atoms with Crippen molar-refractivity contribution >= 4 is 33.2 Å². The standard InChI is InChI=1S/C18H19N3O5S/c1-21(2)27(24,25)13-9-7-12(8-10-13)19-17(22)11-16-18(23)20-14-5-3-4-6-15(14)26-16/h3-10,16H,11H2,1-2H3,(H,19,22)(H,20,23)/t16-/m0/s1. The third-order valence-electron chi connectivity index (χ3n) is 3.99. The van der Waals surface area contributed by atoms with Gasteiger partial charge in [0.2, 0.25) is 15.9 Å². The third-order valence-corrected chi connectivity index (χ3v) is 5.82. The van der Waals surface area contributed by atoms with Crippen LogP contribution in [-0.4, -0.2) is 44.7 Å². The van der Waals surface area contributed by atoms with Crippen LogP contribution in [0.4, 0.5) is 11.4 Å². The van der Waals surface area contributed by atoms with Crippen LogP contribution in [-0.2, 0) is 19.6 Å². The highest BCUT2D eigenvalue weighted by molar-refractivity contribution is 7.89. The minimum atomic E-state index is -3.53. The van der Waals surface area contributed by atoms with E-state index in [4.69, 9.17) is 4.74 Å². The predicted molar refractivity (Wildman–Crippen MR) is 100 cm³/mol. The molecule has 9 heteroatoms. The minimum Gasteiger partial charge on any atom is -0.478 e. The molecule has 0 fully saturated rings. The molecule has 1 atom stereocenters. The van der Waals surface area contributed by atoms with Crippen LogP contribution < -0.4 is 15.4 Å². The van der Waals surface area contributed by atoms with Gasteiger partial charge < -0.3 is 15.4 Å². The van der Waals surface area contributed by atoms with E-state index in [0.717, 1.165) is 4.31 Å². The first-order valence-electron chi connectivity index (χ1n) is 8.16. The highest BCUT2D eigenvalue weighted by atomic mass is 32.2. The Balaban J connectivity index is 1.64. The predicted octanol–water partition coefficient (Wildman–Crippen LogP) is 1.67. The molecule has 2 aromatic carbocycles. The summed E-state index contributed by atoms with van der Waals surface area (Å²) in [6, 6.07) is 12.8. The van der Waals surface area contributed by atoms with E-state index in [-0.39, 0.29) is 11.3 Å². The van der Waals surface area contributed by atoms with Gasteiger partial charge in [-0.05, 0) is 36.4 Å². The van der Waals surface area contributed by atoms with Crippen LogP contribution in [0.3, 0.4) is 0 Å². The van der Waals surface area contributed by atoms with E-state index in [1.54, 1.807) is 24.3 Å². The smallest absolute Gasteiger partial charge is 0.266 e. The number of rotatable bonds is 5. The Morgan fingerprint density at radius 1 is 1.15 bits per heavy atom. The zero-order chi connectivity index (χ0) is 19.6. The maximum atomic E-state index is 12.2. The molecule has 0 aromatic heterocycles. The first-order chi connectivity index (χ1) is 12.8. The van der Waals surface area contributed by atoms with Crippen LogP contribution in [0.1, 0.15) is 6.42 Å². The number of sulfonamides is 1. The van der Waals surface area contributed by atoms with Gasteiger partial charge in [0.25, 0.3) is 5.91 Å². The van der Waals surface area contributed by atoms with Crippen LogP contribution in [0.25, 0.3) is 0 Å². The Labute approximate surface area is 157 Å². The lowest BCUT2D eigenvalue weighted by Gasteiger charge is -2.25. The fourth-order valence-electron chi connectivity index (χ4n) is 2.53. The summed E-state index contributed by atoms with van der Waals surface area (Å²) in [4.78, 5) is 24.4. The lowest BCUT2D eigenvalue weighted by atomic mass is 10.1. The SMILES string of the molecule is CN(C)S(=O)(=O)c1ccc(NC(=O)C[C@@H]2Oc3ccccc3NC2=O)cc1. The second-order valence-corrected chi connectivity index (χ2v) is 8.31. The molecule has 2 amide bonds. The molecule has 0 saturated heterocycles. The van der Waals surface area contributed by atoms with Crippen molar-refractivity contribution in [2.75, 3.05) is 24.7 Å². The Hall–Kier alpha value is -2.91. The topological polar surface area (TPSA) is 105 Å². The molecule has 0 saturated carbocycles. The van der Waals surface area contributed by atoms with E-state index < -0.39 is 27.9 Å². The Morgan fingerprint density at radius 2 is 1.81 bits per heavy atom. The van der Waals surface area contributed by atoms with Crippen LogP contribution in [0.15, 0.2) is 53.4 Å². The molecule has 2 N–H and O–H groups in total. The summed E-state index contributed by atoms with van der Waals surface area (Å²) < 4.78 is 30.8. The number of benzene rings is 2. The van der Waals surface area contributed by atoms with Crippen molar-refractivity contribution in [2.24, 2.45) is 0 Å². The highest BCUT2D eigenvalue weighted by Crippen LogP contribution is 2.29. The number of hydrogen-bond acceptors (Lipinski definition) is 5. The molecule has 1 aliphatic heterocycles. The number of hydrogen-bond donors (Lipinski definition) is 2. The molecule has 1 aliphatic rings. The number of anilines is 2. The molecule has 142 valence electrons. The summed E-state index contributed by atoms with van der Waals surface area (Å²) in [5.74, 6) is -0.304. The summed E-state index contributed by atoms with van der Waals surface area (Å²) >= 11 is 0. The van der Waals surface area contributed by atoms with Gasteiger partial charge in [-0.2, -0.15) is 0 Å². The molecule has 0 bridgehead atoms. The van der Waals surface area contributed by atoms with E-state index in [9.17, 15) is 18.0 Å². The summed E-state index contributed by atoms with van der Waals surface area (Å²) in [6.07, 6.45) is -1.11. The quantitative estimate of drug-likeness (QED) is 0.809.